The van der Waals surface area contributed by atoms with E-state index in [0.717, 1.165) is 16.6 Å². The van der Waals surface area contributed by atoms with Crippen molar-refractivity contribution in [3.05, 3.63) is 36.2 Å². The number of hydrogen-bond acceptors (Lipinski definition) is 4. The zero-order valence-corrected chi connectivity index (χ0v) is 9.26. The van der Waals surface area contributed by atoms with Crippen molar-refractivity contribution in [3.63, 3.8) is 0 Å². The zero-order chi connectivity index (χ0) is 11.4. The number of aromatic nitrogens is 2. The molecule has 0 aliphatic heterocycles. The number of rotatable bonds is 4. The van der Waals surface area contributed by atoms with Crippen molar-refractivity contribution >= 4 is 11.0 Å². The van der Waals surface area contributed by atoms with Crippen LogP contribution < -0.4 is 5.73 Å². The van der Waals surface area contributed by atoms with Gasteiger partial charge in [0.05, 0.1) is 23.7 Å². The van der Waals surface area contributed by atoms with E-state index in [2.05, 4.69) is 9.97 Å². The summed E-state index contributed by atoms with van der Waals surface area (Å²) in [5.74, 6) is 0. The highest BCUT2D eigenvalue weighted by molar-refractivity contribution is 5.77. The summed E-state index contributed by atoms with van der Waals surface area (Å²) in [4.78, 5) is 8.56. The molecule has 1 unspecified atom stereocenters. The number of nitrogens with zero attached hydrogens (tertiary/aromatic N) is 2. The molecule has 2 aromatic rings. The molecule has 16 heavy (non-hydrogen) atoms. The number of ether oxygens (including phenoxy) is 1. The molecular weight excluding hydrogens is 202 g/mol. The number of benzene rings is 1. The van der Waals surface area contributed by atoms with Crippen LogP contribution in [0.15, 0.2) is 30.6 Å². The van der Waals surface area contributed by atoms with Crippen molar-refractivity contribution in [2.24, 2.45) is 5.73 Å². The van der Waals surface area contributed by atoms with Crippen LogP contribution in [-0.2, 0) is 4.74 Å². The molecule has 0 fully saturated rings. The van der Waals surface area contributed by atoms with Crippen LogP contribution in [0.4, 0.5) is 0 Å². The number of hydrogen-bond donors (Lipinski definition) is 1. The molecule has 1 aromatic heterocycles. The fourth-order valence-corrected chi connectivity index (χ4v) is 1.65. The highest BCUT2D eigenvalue weighted by atomic mass is 16.5. The minimum atomic E-state index is -0.152. The van der Waals surface area contributed by atoms with E-state index in [1.54, 1.807) is 12.4 Å². The predicted octanol–water partition coefficient (Wildman–Crippen LogP) is 1.67. The molecule has 0 amide bonds. The first-order valence-corrected chi connectivity index (χ1v) is 5.36. The van der Waals surface area contributed by atoms with E-state index in [0.29, 0.717) is 13.2 Å². The largest absolute Gasteiger partial charge is 0.380 e. The molecule has 4 heteroatoms. The van der Waals surface area contributed by atoms with Crippen molar-refractivity contribution in [2.45, 2.75) is 13.0 Å². The van der Waals surface area contributed by atoms with Gasteiger partial charge in [0, 0.05) is 19.0 Å². The predicted molar refractivity (Wildman–Crippen MR) is 63.0 cm³/mol. The van der Waals surface area contributed by atoms with Gasteiger partial charge in [-0.05, 0) is 18.6 Å². The van der Waals surface area contributed by atoms with E-state index in [1.807, 2.05) is 25.1 Å². The van der Waals surface area contributed by atoms with E-state index in [-0.39, 0.29) is 6.04 Å². The number of para-hydroxylation sites is 1. The number of nitrogens with two attached hydrogens (primary N) is 1. The molecule has 0 saturated carbocycles. The Morgan fingerprint density at radius 2 is 2.12 bits per heavy atom. The minimum absolute atomic E-state index is 0.152. The van der Waals surface area contributed by atoms with Crippen molar-refractivity contribution in [2.75, 3.05) is 13.2 Å². The maximum absolute atomic E-state index is 6.05. The quantitative estimate of drug-likeness (QED) is 0.846. The zero-order valence-electron chi connectivity index (χ0n) is 9.26. The smallest absolute Gasteiger partial charge is 0.0935 e. The first kappa shape index (κ1) is 11.0. The summed E-state index contributed by atoms with van der Waals surface area (Å²) in [6.07, 6.45) is 3.36. The van der Waals surface area contributed by atoms with E-state index in [1.165, 1.54) is 0 Å². The fraction of sp³-hybridized carbons (Fsp3) is 0.333. The fourth-order valence-electron chi connectivity index (χ4n) is 1.65. The van der Waals surface area contributed by atoms with Gasteiger partial charge < -0.3 is 10.5 Å². The molecule has 1 heterocycles. The highest BCUT2D eigenvalue weighted by Crippen LogP contribution is 2.19. The lowest BCUT2D eigenvalue weighted by atomic mass is 10.1. The molecule has 1 atom stereocenters. The molecule has 1 aromatic carbocycles. The monoisotopic (exact) mass is 217 g/mol. The normalized spacial score (nSPS) is 12.9. The molecule has 0 radical (unpaired) electrons. The van der Waals surface area contributed by atoms with Gasteiger partial charge in [0.2, 0.25) is 0 Å². The first-order valence-electron chi connectivity index (χ1n) is 5.36. The van der Waals surface area contributed by atoms with E-state index < -0.39 is 0 Å². The summed E-state index contributed by atoms with van der Waals surface area (Å²) in [6, 6.07) is 5.69. The second-order valence-electron chi connectivity index (χ2n) is 3.54. The van der Waals surface area contributed by atoms with Crippen LogP contribution in [0.3, 0.4) is 0 Å². The molecule has 4 nitrogen and oxygen atoms in total. The molecule has 0 spiro atoms. The summed E-state index contributed by atoms with van der Waals surface area (Å²) in [5, 5.41) is 0. The lowest BCUT2D eigenvalue weighted by Gasteiger charge is -2.13. The van der Waals surface area contributed by atoms with Gasteiger partial charge >= 0.3 is 0 Å². The first-order chi connectivity index (χ1) is 7.83. The van der Waals surface area contributed by atoms with Crippen LogP contribution in [0.2, 0.25) is 0 Å². The molecule has 0 aliphatic rings. The highest BCUT2D eigenvalue weighted by Gasteiger charge is 2.10. The van der Waals surface area contributed by atoms with Crippen LogP contribution in [0.1, 0.15) is 18.5 Å². The Morgan fingerprint density at radius 1 is 1.31 bits per heavy atom. The lowest BCUT2D eigenvalue weighted by molar-refractivity contribution is 0.134. The topological polar surface area (TPSA) is 61.0 Å². The van der Waals surface area contributed by atoms with Crippen LogP contribution in [0, 0.1) is 0 Å². The average molecular weight is 217 g/mol. The Labute approximate surface area is 94.5 Å². The second-order valence-corrected chi connectivity index (χ2v) is 3.54. The summed E-state index contributed by atoms with van der Waals surface area (Å²) >= 11 is 0. The maximum Gasteiger partial charge on any atom is 0.0935 e. The van der Waals surface area contributed by atoms with E-state index in [4.69, 9.17) is 10.5 Å². The van der Waals surface area contributed by atoms with Gasteiger partial charge in [-0.2, -0.15) is 0 Å². The summed E-state index contributed by atoms with van der Waals surface area (Å²) < 4.78 is 5.33. The maximum atomic E-state index is 6.05. The van der Waals surface area contributed by atoms with E-state index in [9.17, 15) is 0 Å². The van der Waals surface area contributed by atoms with Gasteiger partial charge in [-0.25, -0.2) is 0 Å². The van der Waals surface area contributed by atoms with Crippen LogP contribution in [0.5, 0.6) is 0 Å². The van der Waals surface area contributed by atoms with E-state index >= 15 is 0 Å². The second kappa shape index (κ2) is 5.01. The Kier molecular flexibility index (Phi) is 3.44. The Balaban J connectivity index is 2.36. The van der Waals surface area contributed by atoms with Gasteiger partial charge in [0.25, 0.3) is 0 Å². The van der Waals surface area contributed by atoms with Crippen molar-refractivity contribution < 1.29 is 4.74 Å². The van der Waals surface area contributed by atoms with Gasteiger partial charge in [-0.1, -0.05) is 12.1 Å². The van der Waals surface area contributed by atoms with Gasteiger partial charge in [0.15, 0.2) is 0 Å². The van der Waals surface area contributed by atoms with Crippen LogP contribution >= 0.6 is 0 Å². The summed E-state index contributed by atoms with van der Waals surface area (Å²) in [5.41, 5.74) is 8.77. The third kappa shape index (κ3) is 2.18. The third-order valence-corrected chi connectivity index (χ3v) is 2.43. The number of fused-ring (bicyclic) bond motifs is 1. The van der Waals surface area contributed by atoms with Crippen LogP contribution in [-0.4, -0.2) is 23.2 Å². The Bertz CT molecular complexity index is 467. The molecule has 0 aliphatic carbocycles. The Morgan fingerprint density at radius 3 is 2.94 bits per heavy atom. The van der Waals surface area contributed by atoms with Crippen molar-refractivity contribution in [1.82, 2.24) is 9.97 Å². The standard InChI is InChI=1S/C12H15N3O/c1-2-16-8-10(13)9-4-3-5-11-12(9)15-7-6-14-11/h3-7,10H,2,8,13H2,1H3. The van der Waals surface area contributed by atoms with Gasteiger partial charge in [-0.3, -0.25) is 9.97 Å². The minimum Gasteiger partial charge on any atom is -0.380 e. The SMILES string of the molecule is CCOCC(N)c1cccc2nccnc12. The third-order valence-electron chi connectivity index (χ3n) is 2.43. The van der Waals surface area contributed by atoms with Crippen molar-refractivity contribution in [1.29, 1.82) is 0 Å². The van der Waals surface area contributed by atoms with Crippen molar-refractivity contribution in [3.8, 4) is 0 Å². The molecule has 0 bridgehead atoms. The molecular formula is C12H15N3O. The molecule has 2 N–H and O–H groups in total. The molecule has 2 rings (SSSR count). The van der Waals surface area contributed by atoms with Gasteiger partial charge in [-0.15, -0.1) is 0 Å². The molecule has 84 valence electrons. The average Bonchev–Trinajstić information content (AvgIpc) is 2.35. The Hall–Kier alpha value is -1.52. The van der Waals surface area contributed by atoms with Crippen LogP contribution in [0.25, 0.3) is 11.0 Å². The lowest BCUT2D eigenvalue weighted by Crippen LogP contribution is -2.17. The summed E-state index contributed by atoms with van der Waals surface area (Å²) in [6.45, 7) is 3.13. The van der Waals surface area contributed by atoms with Gasteiger partial charge in [0.1, 0.15) is 0 Å². The summed E-state index contributed by atoms with van der Waals surface area (Å²) in [7, 11) is 0. The molecule has 0 saturated heterocycles.